The van der Waals surface area contributed by atoms with Crippen molar-refractivity contribution in [3.8, 4) is 0 Å². The summed E-state index contributed by atoms with van der Waals surface area (Å²) in [7, 11) is -0.716. The molecule has 0 aliphatic rings. The van der Waals surface area contributed by atoms with E-state index in [0.29, 0.717) is 15.9 Å². The zero-order valence-electron chi connectivity index (χ0n) is 10.8. The standard InChI is InChI=1S/C10H13ClN4O2S3/c1-15(2)20(16,17)8-9(12)14-19-10(8)13-5-6-3-4-7(11)18-6/h3-4,13H,5H2,1-2H3,(H2,12,14). The normalized spacial score (nSPS) is 12.0. The van der Waals surface area contributed by atoms with Crippen LogP contribution < -0.4 is 11.1 Å². The third kappa shape index (κ3) is 3.07. The summed E-state index contributed by atoms with van der Waals surface area (Å²) in [5.41, 5.74) is 5.67. The van der Waals surface area contributed by atoms with Crippen LogP contribution in [0.4, 0.5) is 10.8 Å². The highest BCUT2D eigenvalue weighted by atomic mass is 35.5. The van der Waals surface area contributed by atoms with Gasteiger partial charge in [0.15, 0.2) is 10.7 Å². The summed E-state index contributed by atoms with van der Waals surface area (Å²) in [6.45, 7) is 0.467. The summed E-state index contributed by atoms with van der Waals surface area (Å²) >= 11 is 8.31. The Balaban J connectivity index is 2.26. The van der Waals surface area contributed by atoms with Crippen LogP contribution in [0.5, 0.6) is 0 Å². The number of aromatic nitrogens is 1. The van der Waals surface area contributed by atoms with Crippen LogP contribution in [0.25, 0.3) is 0 Å². The molecule has 0 aromatic carbocycles. The van der Waals surface area contributed by atoms with E-state index in [1.807, 2.05) is 6.07 Å². The minimum atomic E-state index is -3.62. The Morgan fingerprint density at radius 2 is 2.15 bits per heavy atom. The largest absolute Gasteiger partial charge is 0.382 e. The van der Waals surface area contributed by atoms with E-state index >= 15 is 0 Å². The molecule has 0 saturated heterocycles. The van der Waals surface area contributed by atoms with Crippen molar-refractivity contribution in [2.45, 2.75) is 11.4 Å². The van der Waals surface area contributed by atoms with Crippen LogP contribution in [0.15, 0.2) is 17.0 Å². The highest BCUT2D eigenvalue weighted by Gasteiger charge is 2.27. The molecule has 0 amide bonds. The Labute approximate surface area is 130 Å². The summed E-state index contributed by atoms with van der Waals surface area (Å²) < 4.78 is 30.1. The number of halogens is 1. The number of sulfonamides is 1. The second kappa shape index (κ2) is 5.86. The molecule has 0 aliphatic carbocycles. The first-order valence-corrected chi connectivity index (χ1v) is 8.89. The molecule has 0 fully saturated rings. The molecule has 2 aromatic heterocycles. The second-order valence-corrected chi connectivity index (χ2v) is 8.73. The molecule has 110 valence electrons. The van der Waals surface area contributed by atoms with Crippen molar-refractivity contribution in [1.82, 2.24) is 8.68 Å². The summed E-state index contributed by atoms with van der Waals surface area (Å²) in [6, 6.07) is 3.67. The number of hydrogen-bond donors (Lipinski definition) is 2. The van der Waals surface area contributed by atoms with Crippen LogP contribution in [0.1, 0.15) is 4.88 Å². The lowest BCUT2D eigenvalue weighted by atomic mass is 10.4. The van der Waals surface area contributed by atoms with Crippen molar-refractivity contribution >= 4 is 55.3 Å². The van der Waals surface area contributed by atoms with Gasteiger partial charge in [0.05, 0.1) is 10.9 Å². The van der Waals surface area contributed by atoms with Crippen molar-refractivity contribution in [3.05, 3.63) is 21.3 Å². The van der Waals surface area contributed by atoms with Gasteiger partial charge in [-0.1, -0.05) is 11.6 Å². The molecule has 0 radical (unpaired) electrons. The highest BCUT2D eigenvalue weighted by molar-refractivity contribution is 7.89. The van der Waals surface area contributed by atoms with Crippen LogP contribution >= 0.6 is 34.5 Å². The number of hydrogen-bond acceptors (Lipinski definition) is 7. The van der Waals surface area contributed by atoms with Gasteiger partial charge >= 0.3 is 0 Å². The molecule has 0 aliphatic heterocycles. The Bertz CT molecular complexity index is 708. The molecule has 0 atom stereocenters. The molecular formula is C10H13ClN4O2S3. The summed E-state index contributed by atoms with van der Waals surface area (Å²) in [4.78, 5) is 1.02. The van der Waals surface area contributed by atoms with Crippen LogP contribution in [0.2, 0.25) is 4.34 Å². The first-order valence-electron chi connectivity index (χ1n) is 5.48. The Kier molecular flexibility index (Phi) is 4.55. The van der Waals surface area contributed by atoms with Gasteiger partial charge in [0.25, 0.3) is 0 Å². The topological polar surface area (TPSA) is 88.3 Å². The number of nitrogen functional groups attached to an aromatic ring is 1. The first kappa shape index (κ1) is 15.5. The lowest BCUT2D eigenvalue weighted by molar-refractivity contribution is 0.521. The van der Waals surface area contributed by atoms with E-state index in [4.69, 9.17) is 17.3 Å². The van der Waals surface area contributed by atoms with E-state index in [2.05, 4.69) is 9.69 Å². The van der Waals surface area contributed by atoms with Crippen LogP contribution in [-0.2, 0) is 16.6 Å². The minimum absolute atomic E-state index is 0.00964. The fraction of sp³-hybridized carbons (Fsp3) is 0.300. The van der Waals surface area contributed by atoms with Crippen LogP contribution in [0, 0.1) is 0 Å². The Morgan fingerprint density at radius 3 is 2.70 bits per heavy atom. The van der Waals surface area contributed by atoms with E-state index in [1.54, 1.807) is 6.07 Å². The summed E-state index contributed by atoms with van der Waals surface area (Å²) in [5, 5.41) is 3.48. The lowest BCUT2D eigenvalue weighted by Gasteiger charge is -2.12. The SMILES string of the molecule is CN(C)S(=O)(=O)c1c(N)nsc1NCc1ccc(Cl)s1. The molecule has 0 bridgehead atoms. The molecular weight excluding hydrogens is 340 g/mol. The molecule has 0 saturated carbocycles. The maximum absolute atomic E-state index is 12.2. The van der Waals surface area contributed by atoms with Crippen molar-refractivity contribution in [3.63, 3.8) is 0 Å². The molecule has 2 rings (SSSR count). The zero-order valence-corrected chi connectivity index (χ0v) is 14.0. The van der Waals surface area contributed by atoms with Gasteiger partial charge in [-0.05, 0) is 23.7 Å². The summed E-state index contributed by atoms with van der Waals surface area (Å²) in [6.07, 6.45) is 0. The van der Waals surface area contributed by atoms with E-state index in [9.17, 15) is 8.42 Å². The lowest BCUT2D eigenvalue weighted by Crippen LogP contribution is -2.23. The molecule has 3 N–H and O–H groups in total. The minimum Gasteiger partial charge on any atom is -0.382 e. The van der Waals surface area contributed by atoms with Crippen LogP contribution in [-0.4, -0.2) is 31.2 Å². The zero-order chi connectivity index (χ0) is 14.9. The molecule has 10 heteroatoms. The fourth-order valence-corrected chi connectivity index (χ4v) is 4.55. The quantitative estimate of drug-likeness (QED) is 0.862. The molecule has 2 heterocycles. The first-order chi connectivity index (χ1) is 9.32. The van der Waals surface area contributed by atoms with Gasteiger partial charge in [0.1, 0.15) is 5.00 Å². The number of nitrogens with one attached hydrogen (secondary N) is 1. The average molecular weight is 353 g/mol. The third-order valence-corrected chi connectivity index (χ3v) is 6.53. The summed E-state index contributed by atoms with van der Waals surface area (Å²) in [5.74, 6) is 0.00964. The fourth-order valence-electron chi connectivity index (χ4n) is 1.45. The predicted octanol–water partition coefficient (Wildman–Crippen LogP) is 2.30. The van der Waals surface area contributed by atoms with Crippen molar-refractivity contribution in [2.75, 3.05) is 25.1 Å². The van der Waals surface area contributed by atoms with Crippen molar-refractivity contribution in [1.29, 1.82) is 0 Å². The molecule has 6 nitrogen and oxygen atoms in total. The van der Waals surface area contributed by atoms with Gasteiger partial charge in [0, 0.05) is 19.0 Å². The Hall–Kier alpha value is -0.870. The van der Waals surface area contributed by atoms with Gasteiger partial charge in [-0.2, -0.15) is 4.37 Å². The van der Waals surface area contributed by atoms with Gasteiger partial charge in [0.2, 0.25) is 10.0 Å². The van der Waals surface area contributed by atoms with Gasteiger partial charge in [-0.3, -0.25) is 0 Å². The number of nitrogens with zero attached hydrogens (tertiary/aromatic N) is 2. The maximum atomic E-state index is 12.2. The number of thiophene rings is 1. The predicted molar refractivity (Wildman–Crippen MR) is 84.1 cm³/mol. The van der Waals surface area contributed by atoms with Gasteiger partial charge < -0.3 is 11.1 Å². The highest BCUT2D eigenvalue weighted by Crippen LogP contribution is 2.33. The number of rotatable bonds is 5. The molecule has 2 aromatic rings. The average Bonchev–Trinajstić information content (AvgIpc) is 2.93. The second-order valence-electron chi connectivity index (χ2n) is 4.07. The third-order valence-electron chi connectivity index (χ3n) is 2.46. The van der Waals surface area contributed by atoms with E-state index in [-0.39, 0.29) is 10.7 Å². The van der Waals surface area contributed by atoms with Crippen LogP contribution in [0.3, 0.4) is 0 Å². The molecule has 20 heavy (non-hydrogen) atoms. The van der Waals surface area contributed by atoms with Gasteiger partial charge in [-0.15, -0.1) is 11.3 Å². The van der Waals surface area contributed by atoms with E-state index in [0.717, 1.165) is 20.7 Å². The smallest absolute Gasteiger partial charge is 0.249 e. The van der Waals surface area contributed by atoms with E-state index < -0.39 is 10.0 Å². The van der Waals surface area contributed by atoms with E-state index in [1.165, 1.54) is 25.4 Å². The number of anilines is 2. The molecule has 0 unspecified atom stereocenters. The monoisotopic (exact) mass is 352 g/mol. The maximum Gasteiger partial charge on any atom is 0.249 e. The van der Waals surface area contributed by atoms with Gasteiger partial charge in [-0.25, -0.2) is 12.7 Å². The van der Waals surface area contributed by atoms with Crippen molar-refractivity contribution < 1.29 is 8.42 Å². The molecule has 0 spiro atoms. The number of nitrogens with two attached hydrogens (primary N) is 1. The Morgan fingerprint density at radius 1 is 1.45 bits per heavy atom. The van der Waals surface area contributed by atoms with Crippen molar-refractivity contribution in [2.24, 2.45) is 0 Å².